The minimum Gasteiger partial charge on any atom is -0.264 e. The van der Waals surface area contributed by atoms with Gasteiger partial charge in [-0.2, -0.15) is 0 Å². The van der Waals surface area contributed by atoms with Gasteiger partial charge in [0.1, 0.15) is 0 Å². The van der Waals surface area contributed by atoms with Crippen LogP contribution in [0.15, 0.2) is 195 Å². The third-order valence-electron chi connectivity index (χ3n) is 9.45. The zero-order chi connectivity index (χ0) is 36.1. The van der Waals surface area contributed by atoms with Crippen molar-refractivity contribution < 1.29 is 0 Å². The highest BCUT2D eigenvalue weighted by Gasteiger charge is 2.11. The molecule has 9 rings (SSSR count). The molecule has 6 aromatic heterocycles. The largest absolute Gasteiger partial charge is 0.264 e. The monoisotopic (exact) mass is 692 g/mol. The molecule has 0 aliphatic heterocycles. The molecule has 0 unspecified atom stereocenters. The van der Waals surface area contributed by atoms with E-state index in [-0.39, 0.29) is 0 Å². The fourth-order valence-corrected chi connectivity index (χ4v) is 6.61. The number of pyridine rings is 6. The van der Waals surface area contributed by atoms with Crippen LogP contribution in [0.5, 0.6) is 0 Å². The number of hydrogen-bond donors (Lipinski definition) is 0. The van der Waals surface area contributed by atoms with E-state index in [1.54, 1.807) is 12.4 Å². The van der Waals surface area contributed by atoms with Crippen molar-refractivity contribution in [2.24, 2.45) is 0 Å². The highest BCUT2D eigenvalue weighted by Crippen LogP contribution is 2.35. The molecule has 0 aliphatic carbocycles. The van der Waals surface area contributed by atoms with E-state index in [1.165, 1.54) is 11.1 Å². The summed E-state index contributed by atoms with van der Waals surface area (Å²) in [5.74, 6) is 0. The molecular weight excluding hydrogens is 661 g/mol. The molecule has 0 spiro atoms. The average molecular weight is 693 g/mol. The van der Waals surface area contributed by atoms with Crippen LogP contribution in [0.2, 0.25) is 0 Å². The van der Waals surface area contributed by atoms with Crippen molar-refractivity contribution in [1.29, 1.82) is 0 Å². The molecule has 9 aromatic rings. The molecule has 3 aromatic carbocycles. The Morgan fingerprint density at radius 2 is 0.648 bits per heavy atom. The molecule has 0 fully saturated rings. The average Bonchev–Trinajstić information content (AvgIpc) is 3.27. The number of aromatic nitrogens is 6. The third-order valence-corrected chi connectivity index (χ3v) is 9.45. The highest BCUT2D eigenvalue weighted by atomic mass is 14.8. The van der Waals surface area contributed by atoms with E-state index < -0.39 is 0 Å². The van der Waals surface area contributed by atoms with Gasteiger partial charge in [0.25, 0.3) is 0 Å². The van der Waals surface area contributed by atoms with Gasteiger partial charge < -0.3 is 0 Å². The maximum atomic E-state index is 4.83. The minimum absolute atomic E-state index is 0.828. The van der Waals surface area contributed by atoms with Gasteiger partial charge in [-0.15, -0.1) is 0 Å². The molecule has 0 bridgehead atoms. The Bertz CT molecular complexity index is 2470. The van der Waals surface area contributed by atoms with Crippen molar-refractivity contribution in [2.75, 3.05) is 0 Å². The predicted molar refractivity (Wildman–Crippen MR) is 217 cm³/mol. The summed E-state index contributed by atoms with van der Waals surface area (Å²) in [6.45, 7) is 0. The molecule has 0 aliphatic rings. The lowest BCUT2D eigenvalue weighted by molar-refractivity contribution is 1.24. The molecule has 6 heterocycles. The summed E-state index contributed by atoms with van der Waals surface area (Å²) < 4.78 is 0. The van der Waals surface area contributed by atoms with Crippen LogP contribution < -0.4 is 0 Å². The number of hydrogen-bond acceptors (Lipinski definition) is 6. The molecule has 0 atom stereocenters. The Morgan fingerprint density at radius 1 is 0.241 bits per heavy atom. The van der Waals surface area contributed by atoms with Crippen molar-refractivity contribution in [3.8, 4) is 89.8 Å². The smallest absolute Gasteiger partial charge is 0.0893 e. The molecule has 0 saturated carbocycles. The normalized spacial score (nSPS) is 11.0. The molecule has 6 heteroatoms. The molecule has 0 saturated heterocycles. The summed E-state index contributed by atoms with van der Waals surface area (Å²) >= 11 is 0. The number of nitrogens with zero attached hydrogens (tertiary/aromatic N) is 6. The third kappa shape index (κ3) is 6.79. The number of benzene rings is 3. The number of rotatable bonds is 8. The van der Waals surface area contributed by atoms with Gasteiger partial charge in [0.05, 0.1) is 34.2 Å². The summed E-state index contributed by atoms with van der Waals surface area (Å²) in [6, 6.07) is 54.0. The van der Waals surface area contributed by atoms with E-state index in [1.807, 2.05) is 97.6 Å². The van der Waals surface area contributed by atoms with Crippen molar-refractivity contribution in [2.45, 2.75) is 0 Å². The van der Waals surface area contributed by atoms with E-state index in [2.05, 4.69) is 94.9 Å². The Morgan fingerprint density at radius 3 is 1.04 bits per heavy atom. The van der Waals surface area contributed by atoms with Crippen LogP contribution in [0.25, 0.3) is 89.8 Å². The first-order valence-electron chi connectivity index (χ1n) is 17.7. The maximum absolute atomic E-state index is 4.83. The first kappa shape index (κ1) is 32.5. The van der Waals surface area contributed by atoms with Gasteiger partial charge in [-0.05, 0) is 94.0 Å². The lowest BCUT2D eigenvalue weighted by atomic mass is 9.92. The SMILES string of the molecule is c1cncc(-c2cccc(-c3ccc(-c4ccc(-c5ccccc5-c5ccc(-c6ccc(-c7cccc(-c8cccnc8)n7)nc6)cc5)cc4)cn3)n2)c1. The topological polar surface area (TPSA) is 77.3 Å². The van der Waals surface area contributed by atoms with Gasteiger partial charge in [0.15, 0.2) is 0 Å². The fourth-order valence-electron chi connectivity index (χ4n) is 6.61. The lowest BCUT2D eigenvalue weighted by Crippen LogP contribution is -1.91. The molecule has 0 amide bonds. The Kier molecular flexibility index (Phi) is 8.81. The van der Waals surface area contributed by atoms with Crippen LogP contribution in [0.1, 0.15) is 0 Å². The van der Waals surface area contributed by atoms with E-state index in [9.17, 15) is 0 Å². The van der Waals surface area contributed by atoms with Gasteiger partial charge in [-0.25, -0.2) is 9.97 Å². The standard InChI is InChI=1S/C48H32N6/c1-2-10-42(36-21-17-34(18-22-36)38-24-26-46(52-32-38)48-14-4-12-44(54-48)40-8-6-28-50-30-40)41(9-1)35-19-15-33(16-20-35)37-23-25-45(51-31-37)47-13-3-11-43(53-47)39-7-5-27-49-29-39/h1-32H. The first-order chi connectivity index (χ1) is 26.7. The first-order valence-corrected chi connectivity index (χ1v) is 17.7. The van der Waals surface area contributed by atoms with Crippen LogP contribution in [0, 0.1) is 0 Å². The van der Waals surface area contributed by atoms with Crippen molar-refractivity contribution in [3.05, 3.63) is 195 Å². The predicted octanol–water partition coefficient (Wildman–Crippen LogP) is 11.4. The fraction of sp³-hybridized carbons (Fsp3) is 0. The summed E-state index contributed by atoms with van der Waals surface area (Å²) in [5.41, 5.74) is 16.0. The van der Waals surface area contributed by atoms with E-state index in [0.29, 0.717) is 0 Å². The zero-order valence-electron chi connectivity index (χ0n) is 29.2. The molecular formula is C48H32N6. The quantitative estimate of drug-likeness (QED) is 0.158. The Hall–Kier alpha value is -7.44. The van der Waals surface area contributed by atoms with E-state index in [0.717, 1.165) is 78.7 Å². The summed E-state index contributed by atoms with van der Waals surface area (Å²) in [5, 5.41) is 0. The van der Waals surface area contributed by atoms with Gasteiger partial charge >= 0.3 is 0 Å². The lowest BCUT2D eigenvalue weighted by Gasteiger charge is -2.12. The second-order valence-corrected chi connectivity index (χ2v) is 12.9. The Labute approximate surface area is 313 Å². The van der Waals surface area contributed by atoms with Crippen LogP contribution in [0.4, 0.5) is 0 Å². The maximum Gasteiger partial charge on any atom is 0.0893 e. The van der Waals surface area contributed by atoms with Gasteiger partial charge in [-0.3, -0.25) is 19.9 Å². The van der Waals surface area contributed by atoms with Crippen LogP contribution >= 0.6 is 0 Å². The van der Waals surface area contributed by atoms with Gasteiger partial charge in [-0.1, -0.05) is 97.1 Å². The van der Waals surface area contributed by atoms with Crippen molar-refractivity contribution >= 4 is 0 Å². The van der Waals surface area contributed by atoms with Crippen LogP contribution in [-0.2, 0) is 0 Å². The Balaban J connectivity index is 0.910. The molecule has 54 heavy (non-hydrogen) atoms. The molecule has 254 valence electrons. The second-order valence-electron chi connectivity index (χ2n) is 12.9. The second kappa shape index (κ2) is 14.7. The highest BCUT2D eigenvalue weighted by molar-refractivity contribution is 5.85. The summed E-state index contributed by atoms with van der Waals surface area (Å²) in [4.78, 5) is 27.6. The van der Waals surface area contributed by atoms with Gasteiger partial charge in [0.2, 0.25) is 0 Å². The molecule has 0 N–H and O–H groups in total. The van der Waals surface area contributed by atoms with E-state index in [4.69, 9.17) is 19.9 Å². The molecule has 0 radical (unpaired) electrons. The van der Waals surface area contributed by atoms with Gasteiger partial charge in [0, 0.05) is 59.4 Å². The van der Waals surface area contributed by atoms with Crippen molar-refractivity contribution in [3.63, 3.8) is 0 Å². The zero-order valence-corrected chi connectivity index (χ0v) is 29.2. The molecule has 6 nitrogen and oxygen atoms in total. The van der Waals surface area contributed by atoms with Crippen molar-refractivity contribution in [1.82, 2.24) is 29.9 Å². The van der Waals surface area contributed by atoms with E-state index >= 15 is 0 Å². The summed E-state index contributed by atoms with van der Waals surface area (Å²) in [7, 11) is 0. The minimum atomic E-state index is 0.828. The van der Waals surface area contributed by atoms with Crippen LogP contribution in [-0.4, -0.2) is 29.9 Å². The summed E-state index contributed by atoms with van der Waals surface area (Å²) in [6.07, 6.45) is 11.0. The van der Waals surface area contributed by atoms with Crippen LogP contribution in [0.3, 0.4) is 0 Å².